The second-order valence-corrected chi connectivity index (χ2v) is 9.62. The summed E-state index contributed by atoms with van der Waals surface area (Å²) in [5.74, 6) is 0.347. The lowest BCUT2D eigenvalue weighted by Crippen LogP contribution is -2.40. The zero-order chi connectivity index (χ0) is 19.5. The molecule has 146 valence electrons. The molecule has 5 rings (SSSR count). The lowest BCUT2D eigenvalue weighted by molar-refractivity contribution is 0.446. The van der Waals surface area contributed by atoms with Crippen molar-refractivity contribution in [2.75, 3.05) is 25.0 Å². The van der Waals surface area contributed by atoms with Gasteiger partial charge in [-0.25, -0.2) is 22.8 Å². The van der Waals surface area contributed by atoms with E-state index in [1.54, 1.807) is 0 Å². The molecule has 9 heteroatoms. The monoisotopic (exact) mass is 401 g/mol. The van der Waals surface area contributed by atoms with E-state index in [9.17, 15) is 12.8 Å². The second-order valence-electron chi connectivity index (χ2n) is 7.68. The van der Waals surface area contributed by atoms with Crippen molar-refractivity contribution in [2.24, 2.45) is 5.41 Å². The first-order valence-electron chi connectivity index (χ1n) is 9.17. The molecule has 1 aliphatic heterocycles. The summed E-state index contributed by atoms with van der Waals surface area (Å²) in [6.45, 7) is 0.856. The summed E-state index contributed by atoms with van der Waals surface area (Å²) in [6, 6.07) is 6.98. The average molecular weight is 401 g/mol. The molecule has 1 saturated carbocycles. The highest BCUT2D eigenvalue weighted by Gasteiger charge is 2.59. The zero-order valence-corrected chi connectivity index (χ0v) is 16.2. The summed E-state index contributed by atoms with van der Waals surface area (Å²) >= 11 is 0. The largest absolute Gasteiger partial charge is 0.354 e. The van der Waals surface area contributed by atoms with Gasteiger partial charge >= 0.3 is 0 Å². The molecule has 0 unspecified atom stereocenters. The van der Waals surface area contributed by atoms with Gasteiger partial charge in [-0.1, -0.05) is 0 Å². The van der Waals surface area contributed by atoms with Gasteiger partial charge in [0.25, 0.3) is 0 Å². The summed E-state index contributed by atoms with van der Waals surface area (Å²) in [5.41, 5.74) is 0.700. The van der Waals surface area contributed by atoms with Crippen molar-refractivity contribution in [3.63, 3.8) is 0 Å². The van der Waals surface area contributed by atoms with Crippen LogP contribution in [0.3, 0.4) is 0 Å². The van der Waals surface area contributed by atoms with Gasteiger partial charge in [-0.05, 0) is 43.2 Å². The number of nitrogens with zero attached hydrogens (tertiary/aromatic N) is 4. The molecule has 1 N–H and O–H groups in total. The molecule has 2 fully saturated rings. The van der Waals surface area contributed by atoms with Crippen LogP contribution in [0.4, 0.5) is 10.2 Å². The molecule has 3 heterocycles. The fourth-order valence-corrected chi connectivity index (χ4v) is 5.86. The summed E-state index contributed by atoms with van der Waals surface area (Å²) in [5, 5.41) is 0.917. The number of aromatic nitrogens is 3. The van der Waals surface area contributed by atoms with E-state index in [4.69, 9.17) is 0 Å². The predicted octanol–water partition coefficient (Wildman–Crippen LogP) is 2.39. The van der Waals surface area contributed by atoms with Crippen LogP contribution in [0.5, 0.6) is 0 Å². The fraction of sp³-hybridized carbons (Fsp3) is 0.368. The smallest absolute Gasteiger partial charge is 0.243 e. The van der Waals surface area contributed by atoms with E-state index >= 15 is 0 Å². The maximum atomic E-state index is 13.2. The van der Waals surface area contributed by atoms with Crippen molar-refractivity contribution in [3.8, 4) is 0 Å². The number of likely N-dealkylation sites (N-methyl/N-ethyl adjacent to an activating group) is 1. The van der Waals surface area contributed by atoms with Crippen LogP contribution >= 0.6 is 0 Å². The summed E-state index contributed by atoms with van der Waals surface area (Å²) < 4.78 is 40.9. The highest BCUT2D eigenvalue weighted by Crippen LogP contribution is 2.55. The third-order valence-electron chi connectivity index (χ3n) is 6.05. The van der Waals surface area contributed by atoms with E-state index < -0.39 is 15.8 Å². The van der Waals surface area contributed by atoms with E-state index in [2.05, 4.69) is 19.9 Å². The lowest BCUT2D eigenvalue weighted by Gasteiger charge is -2.30. The minimum Gasteiger partial charge on any atom is -0.354 e. The van der Waals surface area contributed by atoms with Gasteiger partial charge in [0.05, 0.1) is 16.3 Å². The first-order chi connectivity index (χ1) is 13.4. The molecule has 2 aromatic heterocycles. The average Bonchev–Trinajstić information content (AvgIpc) is 3.12. The number of halogens is 1. The SMILES string of the molecule is CN(c1ncnc2[nH]ccc12)[C@H]1CN(S(=O)(=O)c2ccc(F)cc2)CC12CC2. The summed E-state index contributed by atoms with van der Waals surface area (Å²) in [6.07, 6.45) is 5.31. The molecule has 1 saturated heterocycles. The Morgan fingerprint density at radius 3 is 2.68 bits per heavy atom. The van der Waals surface area contributed by atoms with Crippen molar-refractivity contribution in [3.05, 3.63) is 48.7 Å². The normalized spacial score (nSPS) is 21.4. The van der Waals surface area contributed by atoms with Crippen LogP contribution in [0, 0.1) is 11.2 Å². The minimum atomic E-state index is -3.67. The quantitative estimate of drug-likeness (QED) is 0.726. The molecule has 1 atom stereocenters. The Balaban J connectivity index is 1.47. The van der Waals surface area contributed by atoms with E-state index in [1.165, 1.54) is 34.9 Å². The molecule has 0 radical (unpaired) electrons. The first-order valence-corrected chi connectivity index (χ1v) is 10.6. The number of rotatable bonds is 4. The Hall–Kier alpha value is -2.52. The summed E-state index contributed by atoms with van der Waals surface area (Å²) in [7, 11) is -1.70. The van der Waals surface area contributed by atoms with Crippen LogP contribution < -0.4 is 4.90 Å². The Morgan fingerprint density at radius 2 is 1.96 bits per heavy atom. The highest BCUT2D eigenvalue weighted by molar-refractivity contribution is 7.89. The van der Waals surface area contributed by atoms with Gasteiger partial charge in [-0.3, -0.25) is 0 Å². The molecule has 1 aromatic carbocycles. The number of anilines is 1. The number of hydrogen-bond acceptors (Lipinski definition) is 5. The molecular formula is C19H20FN5O2S. The number of aromatic amines is 1. The number of sulfonamides is 1. The van der Waals surface area contributed by atoms with Gasteiger partial charge < -0.3 is 9.88 Å². The van der Waals surface area contributed by atoms with Crippen molar-refractivity contribution in [1.82, 2.24) is 19.3 Å². The van der Waals surface area contributed by atoms with Gasteiger partial charge in [0.1, 0.15) is 23.6 Å². The van der Waals surface area contributed by atoms with Gasteiger partial charge in [-0.2, -0.15) is 4.31 Å². The highest BCUT2D eigenvalue weighted by atomic mass is 32.2. The third-order valence-corrected chi connectivity index (χ3v) is 7.88. The van der Waals surface area contributed by atoms with E-state index in [0.29, 0.717) is 13.1 Å². The standard InChI is InChI=1S/C19H20FN5O2S/c1-24(18-15-6-9-21-17(15)22-12-23-18)16-10-25(11-19(16)7-8-19)28(26,27)14-4-2-13(20)3-5-14/h2-6,9,12,16H,7-8,10-11H2,1H3,(H,21,22,23)/t16-/m0/s1. The zero-order valence-electron chi connectivity index (χ0n) is 15.3. The third kappa shape index (κ3) is 2.61. The molecule has 0 bridgehead atoms. The van der Waals surface area contributed by atoms with Gasteiger partial charge in [0, 0.05) is 31.7 Å². The lowest BCUT2D eigenvalue weighted by atomic mass is 9.99. The van der Waals surface area contributed by atoms with E-state index in [-0.39, 0.29) is 16.4 Å². The van der Waals surface area contributed by atoms with Crippen molar-refractivity contribution < 1.29 is 12.8 Å². The molecule has 2 aliphatic rings. The minimum absolute atomic E-state index is 0.0238. The molecule has 0 amide bonds. The molecular weight excluding hydrogens is 381 g/mol. The van der Waals surface area contributed by atoms with Crippen molar-refractivity contribution in [2.45, 2.75) is 23.8 Å². The van der Waals surface area contributed by atoms with Crippen LogP contribution in [-0.2, 0) is 10.0 Å². The van der Waals surface area contributed by atoms with Crippen LogP contribution in [0.25, 0.3) is 11.0 Å². The maximum absolute atomic E-state index is 13.2. The molecule has 1 aliphatic carbocycles. The van der Waals surface area contributed by atoms with Crippen LogP contribution in [-0.4, -0.2) is 53.9 Å². The van der Waals surface area contributed by atoms with E-state index in [1.807, 2.05) is 19.3 Å². The van der Waals surface area contributed by atoms with Crippen LogP contribution in [0.15, 0.2) is 47.8 Å². The molecule has 7 nitrogen and oxygen atoms in total. The second kappa shape index (κ2) is 5.99. The molecule has 3 aromatic rings. The van der Waals surface area contributed by atoms with Crippen LogP contribution in [0.2, 0.25) is 0 Å². The summed E-state index contributed by atoms with van der Waals surface area (Å²) in [4.78, 5) is 14.0. The van der Waals surface area contributed by atoms with Crippen molar-refractivity contribution >= 4 is 26.9 Å². The number of hydrogen-bond donors (Lipinski definition) is 1. The molecule has 1 spiro atoms. The maximum Gasteiger partial charge on any atom is 0.243 e. The Bertz CT molecular complexity index is 1140. The first kappa shape index (κ1) is 17.6. The number of H-pyrrole nitrogens is 1. The van der Waals surface area contributed by atoms with Gasteiger partial charge in [0.15, 0.2) is 0 Å². The number of fused-ring (bicyclic) bond motifs is 1. The van der Waals surface area contributed by atoms with Gasteiger partial charge in [-0.15, -0.1) is 0 Å². The van der Waals surface area contributed by atoms with Gasteiger partial charge in [0.2, 0.25) is 10.0 Å². The Morgan fingerprint density at radius 1 is 1.21 bits per heavy atom. The van der Waals surface area contributed by atoms with Crippen LogP contribution in [0.1, 0.15) is 12.8 Å². The van der Waals surface area contributed by atoms with Crippen molar-refractivity contribution in [1.29, 1.82) is 0 Å². The van der Waals surface area contributed by atoms with E-state index in [0.717, 1.165) is 29.7 Å². The number of nitrogens with one attached hydrogen (secondary N) is 1. The number of benzene rings is 1. The Labute approximate surface area is 162 Å². The Kier molecular flexibility index (Phi) is 3.76. The molecule has 28 heavy (non-hydrogen) atoms. The topological polar surface area (TPSA) is 82.2 Å². The fourth-order valence-electron chi connectivity index (χ4n) is 4.32. The predicted molar refractivity (Wildman–Crippen MR) is 103 cm³/mol.